The molecule has 126 valence electrons. The van der Waals surface area contributed by atoms with Gasteiger partial charge in [0.25, 0.3) is 0 Å². The first-order valence-corrected chi connectivity index (χ1v) is 8.42. The zero-order valence-corrected chi connectivity index (χ0v) is 13.3. The first-order chi connectivity index (χ1) is 10.7. The maximum atomic E-state index is 12.7. The van der Waals surface area contributed by atoms with Gasteiger partial charge in [0.15, 0.2) is 0 Å². The van der Waals surface area contributed by atoms with Crippen LogP contribution < -0.4 is 5.32 Å². The number of aryl methyl sites for hydroxylation is 1. The van der Waals surface area contributed by atoms with Crippen molar-refractivity contribution in [2.75, 3.05) is 13.1 Å². The Balaban J connectivity index is 2.25. The van der Waals surface area contributed by atoms with Gasteiger partial charge in [-0.3, -0.25) is 9.59 Å². The fourth-order valence-corrected chi connectivity index (χ4v) is 4.05. The first kappa shape index (κ1) is 17.4. The molecule has 1 heterocycles. The monoisotopic (exact) mass is 342 g/mol. The van der Waals surface area contributed by atoms with Crippen LogP contribution in [0.25, 0.3) is 0 Å². The molecule has 0 aliphatic carbocycles. The number of nitrogens with zero attached hydrogens (tertiary/aromatic N) is 1. The molecule has 0 spiro atoms. The Labute approximate surface area is 133 Å². The van der Waals surface area contributed by atoms with E-state index in [9.17, 15) is 23.1 Å². The summed E-state index contributed by atoms with van der Waals surface area (Å²) in [5, 5.41) is 20.5. The highest BCUT2D eigenvalue weighted by molar-refractivity contribution is 7.89. The molecule has 3 N–H and O–H groups in total. The third kappa shape index (κ3) is 3.87. The Kier molecular flexibility index (Phi) is 5.03. The van der Waals surface area contributed by atoms with Crippen molar-refractivity contribution in [2.45, 2.75) is 30.4 Å². The number of rotatable bonds is 5. The number of carboxylic acids is 1. The second-order valence-electron chi connectivity index (χ2n) is 5.40. The molecule has 1 saturated heterocycles. The highest BCUT2D eigenvalue weighted by Gasteiger charge is 2.43. The van der Waals surface area contributed by atoms with Crippen molar-refractivity contribution < 1.29 is 28.2 Å². The summed E-state index contributed by atoms with van der Waals surface area (Å²) in [6.45, 7) is 1.00. The van der Waals surface area contributed by atoms with Crippen molar-refractivity contribution in [2.24, 2.45) is 0 Å². The molecule has 1 fully saturated rings. The van der Waals surface area contributed by atoms with E-state index in [1.165, 1.54) is 12.1 Å². The average molecular weight is 342 g/mol. The van der Waals surface area contributed by atoms with Crippen LogP contribution in [0.1, 0.15) is 12.0 Å². The minimum absolute atomic E-state index is 0.0215. The molecule has 2 rings (SSSR count). The fraction of sp³-hybridized carbons (Fsp3) is 0.429. The molecule has 1 amide bonds. The predicted molar refractivity (Wildman–Crippen MR) is 80.1 cm³/mol. The van der Waals surface area contributed by atoms with E-state index in [4.69, 9.17) is 5.11 Å². The summed E-state index contributed by atoms with van der Waals surface area (Å²) < 4.78 is 26.2. The third-order valence-corrected chi connectivity index (χ3v) is 5.47. The van der Waals surface area contributed by atoms with Crippen molar-refractivity contribution in [3.63, 3.8) is 0 Å². The number of carbonyl (C=O) groups excluding carboxylic acids is 1. The number of carbonyl (C=O) groups is 2. The van der Waals surface area contributed by atoms with E-state index in [0.29, 0.717) is 0 Å². The quantitative estimate of drug-likeness (QED) is 0.651. The Morgan fingerprint density at radius 1 is 1.30 bits per heavy atom. The van der Waals surface area contributed by atoms with E-state index in [1.54, 1.807) is 12.1 Å². The van der Waals surface area contributed by atoms with Crippen LogP contribution in [0, 0.1) is 6.92 Å². The number of hydrogen-bond acceptors (Lipinski definition) is 5. The van der Waals surface area contributed by atoms with Gasteiger partial charge in [0, 0.05) is 13.0 Å². The third-order valence-electron chi connectivity index (χ3n) is 3.58. The summed E-state index contributed by atoms with van der Waals surface area (Å²) in [4.78, 5) is 22.6. The lowest BCUT2D eigenvalue weighted by Gasteiger charge is -2.22. The van der Waals surface area contributed by atoms with E-state index < -0.39 is 40.6 Å². The molecule has 0 bridgehead atoms. The molecule has 1 aliphatic heterocycles. The minimum Gasteiger partial charge on any atom is -0.480 e. The van der Waals surface area contributed by atoms with E-state index in [-0.39, 0.29) is 17.9 Å². The average Bonchev–Trinajstić information content (AvgIpc) is 2.88. The van der Waals surface area contributed by atoms with E-state index >= 15 is 0 Å². The largest absolute Gasteiger partial charge is 0.480 e. The lowest BCUT2D eigenvalue weighted by molar-refractivity contribution is -0.138. The van der Waals surface area contributed by atoms with Gasteiger partial charge >= 0.3 is 5.97 Å². The number of aliphatic hydroxyl groups is 1. The van der Waals surface area contributed by atoms with Crippen molar-refractivity contribution in [1.29, 1.82) is 0 Å². The number of β-amino-alcohol motifs (C(OH)–C–C–N with tert-alkyl or cyclic N) is 1. The maximum absolute atomic E-state index is 12.7. The van der Waals surface area contributed by atoms with E-state index in [1.807, 2.05) is 6.92 Å². The number of amides is 1. The number of nitrogens with one attached hydrogen (secondary N) is 1. The van der Waals surface area contributed by atoms with Crippen molar-refractivity contribution in [3.8, 4) is 0 Å². The van der Waals surface area contributed by atoms with Crippen LogP contribution in [0.3, 0.4) is 0 Å². The van der Waals surface area contributed by atoms with Gasteiger partial charge in [-0.25, -0.2) is 8.42 Å². The molecule has 9 heteroatoms. The minimum atomic E-state index is -3.96. The molecule has 2 unspecified atom stereocenters. The first-order valence-electron chi connectivity index (χ1n) is 6.98. The van der Waals surface area contributed by atoms with Crippen LogP contribution in [0.2, 0.25) is 0 Å². The molecular weight excluding hydrogens is 324 g/mol. The fourth-order valence-electron chi connectivity index (χ4n) is 2.41. The number of aliphatic hydroxyl groups excluding tert-OH is 1. The molecule has 8 nitrogen and oxygen atoms in total. The number of aliphatic carboxylic acids is 1. The predicted octanol–water partition coefficient (Wildman–Crippen LogP) is -0.680. The number of benzene rings is 1. The SMILES string of the molecule is Cc1ccc(S(=O)(=O)N2CC(O)CC2C(=O)NCC(=O)O)cc1. The topological polar surface area (TPSA) is 124 Å². The lowest BCUT2D eigenvalue weighted by Crippen LogP contribution is -2.46. The molecule has 2 atom stereocenters. The molecular formula is C14H18N2O6S. The summed E-state index contributed by atoms with van der Waals surface area (Å²) in [5.41, 5.74) is 0.890. The molecule has 0 aromatic heterocycles. The van der Waals surface area contributed by atoms with Gasteiger partial charge in [-0.2, -0.15) is 4.31 Å². The maximum Gasteiger partial charge on any atom is 0.322 e. The Morgan fingerprint density at radius 3 is 2.48 bits per heavy atom. The molecule has 23 heavy (non-hydrogen) atoms. The summed E-state index contributed by atoms with van der Waals surface area (Å²) in [7, 11) is -3.96. The number of sulfonamides is 1. The van der Waals surface area contributed by atoms with Crippen molar-refractivity contribution >= 4 is 21.9 Å². The molecule has 1 aromatic rings. The normalized spacial score (nSPS) is 22.0. The van der Waals surface area contributed by atoms with Gasteiger partial charge in [0.2, 0.25) is 15.9 Å². The van der Waals surface area contributed by atoms with Crippen LogP contribution >= 0.6 is 0 Å². The zero-order chi connectivity index (χ0) is 17.2. The second kappa shape index (κ2) is 6.65. The van der Waals surface area contributed by atoms with Crippen molar-refractivity contribution in [3.05, 3.63) is 29.8 Å². The Morgan fingerprint density at radius 2 is 1.91 bits per heavy atom. The van der Waals surface area contributed by atoms with Gasteiger partial charge in [-0.05, 0) is 19.1 Å². The Bertz CT molecular complexity index is 700. The summed E-state index contributed by atoms with van der Waals surface area (Å²) >= 11 is 0. The molecule has 0 saturated carbocycles. The van der Waals surface area contributed by atoms with Gasteiger partial charge < -0.3 is 15.5 Å². The smallest absolute Gasteiger partial charge is 0.322 e. The van der Waals surface area contributed by atoms with E-state index in [2.05, 4.69) is 5.32 Å². The lowest BCUT2D eigenvalue weighted by atomic mass is 10.2. The highest BCUT2D eigenvalue weighted by atomic mass is 32.2. The van der Waals surface area contributed by atoms with Crippen LogP contribution in [-0.4, -0.2) is 60.0 Å². The highest BCUT2D eigenvalue weighted by Crippen LogP contribution is 2.26. The van der Waals surface area contributed by atoms with Crippen LogP contribution in [0.5, 0.6) is 0 Å². The van der Waals surface area contributed by atoms with Gasteiger partial charge in [-0.15, -0.1) is 0 Å². The molecule has 0 radical (unpaired) electrons. The molecule has 1 aromatic carbocycles. The Hall–Kier alpha value is -1.97. The standard InChI is InChI=1S/C14H18N2O6S/c1-9-2-4-11(5-3-9)23(21,22)16-8-10(17)6-12(16)14(20)15-7-13(18)19/h2-5,10,12,17H,6-8H2,1H3,(H,15,20)(H,18,19). The molecule has 1 aliphatic rings. The number of hydrogen-bond donors (Lipinski definition) is 3. The van der Waals surface area contributed by atoms with Crippen LogP contribution in [0.4, 0.5) is 0 Å². The van der Waals surface area contributed by atoms with Crippen molar-refractivity contribution in [1.82, 2.24) is 9.62 Å². The van der Waals surface area contributed by atoms with Gasteiger partial charge in [0.1, 0.15) is 12.6 Å². The second-order valence-corrected chi connectivity index (χ2v) is 7.30. The summed E-state index contributed by atoms with van der Waals surface area (Å²) in [5.74, 6) is -1.97. The van der Waals surface area contributed by atoms with Crippen LogP contribution in [-0.2, 0) is 19.6 Å². The van der Waals surface area contributed by atoms with Gasteiger partial charge in [0.05, 0.1) is 11.0 Å². The summed E-state index contributed by atoms with van der Waals surface area (Å²) in [6.07, 6.45) is -1.05. The summed E-state index contributed by atoms with van der Waals surface area (Å²) in [6, 6.07) is 5.01. The number of carboxylic acid groups (broad SMARTS) is 1. The van der Waals surface area contributed by atoms with Gasteiger partial charge in [-0.1, -0.05) is 17.7 Å². The zero-order valence-electron chi connectivity index (χ0n) is 12.5. The van der Waals surface area contributed by atoms with Crippen LogP contribution in [0.15, 0.2) is 29.2 Å². The van der Waals surface area contributed by atoms with E-state index in [0.717, 1.165) is 9.87 Å².